The molecule has 0 amide bonds. The summed E-state index contributed by atoms with van der Waals surface area (Å²) in [7, 11) is 5.26. The van der Waals surface area contributed by atoms with Crippen LogP contribution in [0.3, 0.4) is 0 Å². The largest absolute Gasteiger partial charge is 0.397 e. The van der Waals surface area contributed by atoms with Gasteiger partial charge in [-0.15, -0.1) is 11.3 Å². The molecule has 4 N–H and O–H groups in total. The van der Waals surface area contributed by atoms with E-state index in [0.717, 1.165) is 26.4 Å². The highest BCUT2D eigenvalue weighted by Crippen LogP contribution is 2.41. The molecule has 1 atom stereocenters. The lowest BCUT2D eigenvalue weighted by Crippen LogP contribution is -2.17. The summed E-state index contributed by atoms with van der Waals surface area (Å²) in [4.78, 5) is 14.9. The first kappa shape index (κ1) is 15.6. The van der Waals surface area contributed by atoms with E-state index in [4.69, 9.17) is 10.5 Å². The van der Waals surface area contributed by atoms with Crippen LogP contribution >= 0.6 is 11.3 Å². The van der Waals surface area contributed by atoms with Crippen molar-refractivity contribution in [1.82, 2.24) is 20.3 Å². The van der Waals surface area contributed by atoms with Crippen molar-refractivity contribution in [2.24, 2.45) is 0 Å². The number of nitrogens with zero attached hydrogens (tertiary/aromatic N) is 3. The van der Waals surface area contributed by atoms with Gasteiger partial charge in [0.1, 0.15) is 11.1 Å². The first-order valence-electron chi connectivity index (χ1n) is 7.07. The molecule has 3 aromatic rings. The van der Waals surface area contributed by atoms with E-state index in [9.17, 15) is 0 Å². The summed E-state index contributed by atoms with van der Waals surface area (Å²) in [6.07, 6.45) is 3.19. The molecule has 0 aliphatic rings. The Balaban J connectivity index is 2.30. The topological polar surface area (TPSA) is 98.0 Å². The number of rotatable bonds is 5. The van der Waals surface area contributed by atoms with E-state index in [1.54, 1.807) is 26.6 Å². The van der Waals surface area contributed by atoms with Crippen LogP contribution in [0.1, 0.15) is 11.1 Å². The number of anilines is 2. The minimum Gasteiger partial charge on any atom is -0.397 e. The van der Waals surface area contributed by atoms with E-state index in [0.29, 0.717) is 11.6 Å². The third kappa shape index (κ3) is 2.72. The van der Waals surface area contributed by atoms with Gasteiger partial charge in [-0.2, -0.15) is 0 Å². The summed E-state index contributed by atoms with van der Waals surface area (Å²) >= 11 is 1.50. The molecule has 23 heavy (non-hydrogen) atoms. The van der Waals surface area contributed by atoms with E-state index < -0.39 is 0 Å². The summed E-state index contributed by atoms with van der Waals surface area (Å²) in [5, 5.41) is 6.93. The van der Waals surface area contributed by atoms with Crippen molar-refractivity contribution in [3.8, 4) is 11.3 Å². The van der Waals surface area contributed by atoms with Crippen molar-refractivity contribution >= 4 is 33.2 Å². The molecular weight excluding hydrogens is 312 g/mol. The highest BCUT2D eigenvalue weighted by molar-refractivity contribution is 7.19. The summed E-state index contributed by atoms with van der Waals surface area (Å²) in [6, 6.07) is 3.81. The predicted molar refractivity (Wildman–Crippen MR) is 93.4 cm³/mol. The SMILES string of the molecule is CNc1nc(-c2ccncc2)c2c(N)c(C(NC)OC)sc2n1. The Labute approximate surface area is 137 Å². The molecule has 0 saturated heterocycles. The summed E-state index contributed by atoms with van der Waals surface area (Å²) in [5.41, 5.74) is 8.76. The fourth-order valence-electron chi connectivity index (χ4n) is 2.42. The normalized spacial score (nSPS) is 12.5. The number of hydrogen-bond acceptors (Lipinski definition) is 8. The van der Waals surface area contributed by atoms with Crippen LogP contribution in [0.4, 0.5) is 11.6 Å². The maximum Gasteiger partial charge on any atom is 0.224 e. The molecule has 0 fully saturated rings. The molecule has 0 aliphatic heterocycles. The van der Waals surface area contributed by atoms with Gasteiger partial charge in [-0.25, -0.2) is 9.97 Å². The molecule has 7 nitrogen and oxygen atoms in total. The monoisotopic (exact) mass is 330 g/mol. The molecule has 3 aromatic heterocycles. The van der Waals surface area contributed by atoms with Crippen molar-refractivity contribution in [2.75, 3.05) is 32.3 Å². The van der Waals surface area contributed by atoms with Crippen LogP contribution in [0.25, 0.3) is 21.5 Å². The lowest BCUT2D eigenvalue weighted by molar-refractivity contribution is 0.0844. The maximum absolute atomic E-state index is 6.40. The Kier molecular flexibility index (Phi) is 4.37. The third-order valence-corrected chi connectivity index (χ3v) is 4.67. The zero-order valence-electron chi connectivity index (χ0n) is 13.1. The Hall–Kier alpha value is -2.29. The molecule has 0 aromatic carbocycles. The number of aromatic nitrogens is 3. The lowest BCUT2D eigenvalue weighted by Gasteiger charge is -2.13. The van der Waals surface area contributed by atoms with Crippen molar-refractivity contribution in [3.63, 3.8) is 0 Å². The molecule has 0 spiro atoms. The average Bonchev–Trinajstić information content (AvgIpc) is 2.93. The van der Waals surface area contributed by atoms with E-state index in [2.05, 4.69) is 25.6 Å². The smallest absolute Gasteiger partial charge is 0.224 e. The van der Waals surface area contributed by atoms with Crippen molar-refractivity contribution in [2.45, 2.75) is 6.23 Å². The Bertz CT molecular complexity index is 816. The summed E-state index contributed by atoms with van der Waals surface area (Å²) in [6.45, 7) is 0. The summed E-state index contributed by atoms with van der Waals surface area (Å²) < 4.78 is 5.44. The van der Waals surface area contributed by atoms with Crippen molar-refractivity contribution in [3.05, 3.63) is 29.4 Å². The van der Waals surface area contributed by atoms with E-state index in [1.165, 1.54) is 11.3 Å². The quantitative estimate of drug-likeness (QED) is 0.617. The fourth-order valence-corrected chi connectivity index (χ4v) is 3.60. The Morgan fingerprint density at radius 3 is 2.57 bits per heavy atom. The van der Waals surface area contributed by atoms with Crippen LogP contribution in [-0.2, 0) is 4.74 Å². The van der Waals surface area contributed by atoms with Crippen LogP contribution in [0.2, 0.25) is 0 Å². The number of methoxy groups -OCH3 is 1. The highest BCUT2D eigenvalue weighted by atomic mass is 32.1. The first-order valence-corrected chi connectivity index (χ1v) is 7.89. The van der Waals surface area contributed by atoms with Gasteiger partial charge in [-0.1, -0.05) is 0 Å². The minimum atomic E-state index is -0.280. The fraction of sp³-hybridized carbons (Fsp3) is 0.267. The van der Waals surface area contributed by atoms with E-state index >= 15 is 0 Å². The lowest BCUT2D eigenvalue weighted by atomic mass is 10.1. The molecule has 3 heterocycles. The van der Waals surface area contributed by atoms with E-state index in [-0.39, 0.29) is 6.23 Å². The van der Waals surface area contributed by atoms with Gasteiger partial charge in [0.2, 0.25) is 5.95 Å². The van der Waals surface area contributed by atoms with Crippen LogP contribution in [0.5, 0.6) is 0 Å². The predicted octanol–water partition coefficient (Wildman–Crippen LogP) is 2.24. The first-order chi connectivity index (χ1) is 11.2. The zero-order chi connectivity index (χ0) is 16.4. The van der Waals surface area contributed by atoms with Crippen LogP contribution in [-0.4, -0.2) is 36.2 Å². The van der Waals surface area contributed by atoms with Gasteiger partial charge in [0.25, 0.3) is 0 Å². The van der Waals surface area contributed by atoms with Gasteiger partial charge >= 0.3 is 0 Å². The molecule has 0 bridgehead atoms. The van der Waals surface area contributed by atoms with Crippen molar-refractivity contribution in [1.29, 1.82) is 0 Å². The van der Waals surface area contributed by atoms with Crippen molar-refractivity contribution < 1.29 is 4.74 Å². The van der Waals surface area contributed by atoms with Gasteiger partial charge < -0.3 is 15.8 Å². The Morgan fingerprint density at radius 2 is 1.96 bits per heavy atom. The third-order valence-electron chi connectivity index (χ3n) is 3.53. The maximum atomic E-state index is 6.40. The number of hydrogen-bond donors (Lipinski definition) is 3. The summed E-state index contributed by atoms with van der Waals surface area (Å²) in [5.74, 6) is 0.551. The molecule has 0 radical (unpaired) electrons. The Morgan fingerprint density at radius 1 is 1.22 bits per heavy atom. The molecular formula is C15H18N6OS. The van der Waals surface area contributed by atoms with Crippen LogP contribution in [0, 0.1) is 0 Å². The van der Waals surface area contributed by atoms with Gasteiger partial charge in [-0.05, 0) is 19.2 Å². The molecule has 8 heteroatoms. The number of fused-ring (bicyclic) bond motifs is 1. The zero-order valence-corrected chi connectivity index (χ0v) is 13.9. The van der Waals surface area contributed by atoms with Gasteiger partial charge in [0, 0.05) is 32.1 Å². The minimum absolute atomic E-state index is 0.280. The number of nitrogens with one attached hydrogen (secondary N) is 2. The molecule has 3 rings (SSSR count). The second-order valence-electron chi connectivity index (χ2n) is 4.85. The highest BCUT2D eigenvalue weighted by Gasteiger charge is 2.22. The number of thiophene rings is 1. The number of pyridine rings is 1. The standard InChI is InChI=1S/C15H18N6OS/c1-17-13(22-3)12-10(16)9-11(8-4-6-19-7-5-8)20-15(18-2)21-14(9)23-12/h4-7,13,17H,16H2,1-3H3,(H,18,20,21). The van der Waals surface area contributed by atoms with Gasteiger partial charge in [0.05, 0.1) is 21.6 Å². The second kappa shape index (κ2) is 6.45. The number of nitrogen functional groups attached to an aromatic ring is 1. The van der Waals surface area contributed by atoms with E-state index in [1.807, 2.05) is 19.2 Å². The van der Waals surface area contributed by atoms with Gasteiger partial charge in [-0.3, -0.25) is 10.3 Å². The molecule has 0 aliphatic carbocycles. The van der Waals surface area contributed by atoms with Crippen LogP contribution < -0.4 is 16.4 Å². The molecule has 0 saturated carbocycles. The van der Waals surface area contributed by atoms with Gasteiger partial charge in [0.15, 0.2) is 0 Å². The second-order valence-corrected chi connectivity index (χ2v) is 5.88. The number of nitrogens with two attached hydrogens (primary N) is 1. The number of ether oxygens (including phenoxy) is 1. The van der Waals surface area contributed by atoms with Crippen LogP contribution in [0.15, 0.2) is 24.5 Å². The molecule has 120 valence electrons. The average molecular weight is 330 g/mol. The molecule has 1 unspecified atom stereocenters.